The molecule has 92 valence electrons. The van der Waals surface area contributed by atoms with Crippen molar-refractivity contribution >= 4 is 11.6 Å². The van der Waals surface area contributed by atoms with Gasteiger partial charge in [0.1, 0.15) is 0 Å². The minimum absolute atomic E-state index is 0.282. The van der Waals surface area contributed by atoms with Gasteiger partial charge in [-0.1, -0.05) is 60.7 Å². The van der Waals surface area contributed by atoms with E-state index in [0.717, 1.165) is 12.3 Å². The fourth-order valence-corrected chi connectivity index (χ4v) is 3.39. The molecule has 2 atom stereocenters. The molecule has 1 aliphatic rings. The van der Waals surface area contributed by atoms with Crippen LogP contribution in [0.2, 0.25) is 0 Å². The topological polar surface area (TPSA) is 0 Å². The quantitative estimate of drug-likeness (QED) is 0.710. The van der Waals surface area contributed by atoms with Crippen LogP contribution in [0.1, 0.15) is 17.5 Å². The van der Waals surface area contributed by atoms with Crippen molar-refractivity contribution in [3.63, 3.8) is 0 Å². The minimum atomic E-state index is 0.282. The van der Waals surface area contributed by atoms with Crippen LogP contribution in [0.3, 0.4) is 0 Å². The van der Waals surface area contributed by atoms with Crippen molar-refractivity contribution in [1.29, 1.82) is 0 Å². The second kappa shape index (κ2) is 4.78. The Kier molecular flexibility index (Phi) is 3.13. The molecule has 0 nitrogen and oxygen atoms in total. The maximum absolute atomic E-state index is 6.10. The van der Waals surface area contributed by atoms with E-state index in [2.05, 4.69) is 60.7 Å². The number of alkyl halides is 1. The van der Waals surface area contributed by atoms with E-state index in [1.807, 2.05) is 0 Å². The maximum Gasteiger partial charge on any atom is 0.0260 e. The smallest absolute Gasteiger partial charge is 0.0260 e. The van der Waals surface area contributed by atoms with Gasteiger partial charge in [-0.05, 0) is 29.9 Å². The molecule has 0 spiro atoms. The van der Waals surface area contributed by atoms with Crippen molar-refractivity contribution < 1.29 is 0 Å². The molecule has 1 saturated carbocycles. The number of halogens is 1. The average Bonchev–Trinajstić information content (AvgIpc) is 3.15. The molecular weight excluding hydrogens is 240 g/mol. The Morgan fingerprint density at radius 3 is 2.11 bits per heavy atom. The normalized spacial score (nSPS) is 25.9. The van der Waals surface area contributed by atoms with Gasteiger partial charge in [-0.25, -0.2) is 0 Å². The predicted molar refractivity (Wildman–Crippen MR) is 77.1 cm³/mol. The Balaban J connectivity index is 1.90. The summed E-state index contributed by atoms with van der Waals surface area (Å²) in [5.74, 6) is 1.39. The molecule has 0 aliphatic heterocycles. The summed E-state index contributed by atoms with van der Waals surface area (Å²) in [7, 11) is 0. The third kappa shape index (κ3) is 2.06. The Labute approximate surface area is 114 Å². The van der Waals surface area contributed by atoms with Crippen LogP contribution in [0.25, 0.3) is 0 Å². The third-order valence-corrected chi connectivity index (χ3v) is 4.50. The van der Waals surface area contributed by atoms with Crippen molar-refractivity contribution in [2.75, 3.05) is 5.88 Å². The lowest BCUT2D eigenvalue weighted by molar-refractivity contribution is 0.628. The Hall–Kier alpha value is -1.27. The first-order chi connectivity index (χ1) is 8.85. The van der Waals surface area contributed by atoms with E-state index in [0.29, 0.717) is 5.92 Å². The van der Waals surface area contributed by atoms with Gasteiger partial charge in [-0.3, -0.25) is 0 Å². The summed E-state index contributed by atoms with van der Waals surface area (Å²) in [6.45, 7) is 0. The summed E-state index contributed by atoms with van der Waals surface area (Å²) in [5.41, 5.74) is 3.14. The van der Waals surface area contributed by atoms with E-state index < -0.39 is 0 Å². The summed E-state index contributed by atoms with van der Waals surface area (Å²) < 4.78 is 0. The monoisotopic (exact) mass is 256 g/mol. The average molecular weight is 257 g/mol. The number of benzene rings is 2. The Bertz CT molecular complexity index is 506. The SMILES string of the molecule is ClCC1CC1(Cc1ccccc1)c1ccccc1. The molecule has 0 N–H and O–H groups in total. The summed E-state index contributed by atoms with van der Waals surface area (Å²) >= 11 is 6.10. The van der Waals surface area contributed by atoms with Gasteiger partial charge in [-0.2, -0.15) is 0 Å². The first-order valence-corrected chi connectivity index (χ1v) is 7.04. The highest BCUT2D eigenvalue weighted by atomic mass is 35.5. The largest absolute Gasteiger partial charge is 0.126 e. The van der Waals surface area contributed by atoms with Gasteiger partial charge in [-0.15, -0.1) is 11.6 Å². The summed E-state index contributed by atoms with van der Waals surface area (Å²) in [4.78, 5) is 0. The molecule has 3 rings (SSSR count). The lowest BCUT2D eigenvalue weighted by Gasteiger charge is -2.18. The Morgan fingerprint density at radius 2 is 1.56 bits per heavy atom. The van der Waals surface area contributed by atoms with Crippen molar-refractivity contribution in [2.45, 2.75) is 18.3 Å². The second-order valence-corrected chi connectivity index (χ2v) is 5.55. The second-order valence-electron chi connectivity index (χ2n) is 5.24. The van der Waals surface area contributed by atoms with Crippen LogP contribution in [0.15, 0.2) is 60.7 Å². The van der Waals surface area contributed by atoms with Crippen LogP contribution in [0.4, 0.5) is 0 Å². The van der Waals surface area contributed by atoms with E-state index >= 15 is 0 Å². The standard InChI is InChI=1S/C17H17Cl/c18-13-16-12-17(16,15-9-5-2-6-10-15)11-14-7-3-1-4-8-14/h1-10,16H,11-13H2. The van der Waals surface area contributed by atoms with Gasteiger partial charge in [0, 0.05) is 11.3 Å². The molecule has 1 aliphatic carbocycles. The fraction of sp³-hybridized carbons (Fsp3) is 0.294. The van der Waals surface area contributed by atoms with E-state index in [9.17, 15) is 0 Å². The molecule has 18 heavy (non-hydrogen) atoms. The lowest BCUT2D eigenvalue weighted by Crippen LogP contribution is -2.14. The zero-order valence-corrected chi connectivity index (χ0v) is 11.1. The van der Waals surface area contributed by atoms with Crippen molar-refractivity contribution in [2.24, 2.45) is 5.92 Å². The molecule has 0 bridgehead atoms. The first-order valence-electron chi connectivity index (χ1n) is 6.50. The van der Waals surface area contributed by atoms with Crippen LogP contribution in [-0.2, 0) is 11.8 Å². The highest BCUT2D eigenvalue weighted by Crippen LogP contribution is 2.56. The molecule has 0 amide bonds. The van der Waals surface area contributed by atoms with Gasteiger partial charge >= 0.3 is 0 Å². The molecule has 1 heteroatoms. The van der Waals surface area contributed by atoms with Crippen LogP contribution in [0.5, 0.6) is 0 Å². The van der Waals surface area contributed by atoms with Gasteiger partial charge in [0.2, 0.25) is 0 Å². The molecule has 2 aromatic carbocycles. The van der Waals surface area contributed by atoms with Crippen LogP contribution in [-0.4, -0.2) is 5.88 Å². The van der Waals surface area contributed by atoms with Crippen molar-refractivity contribution in [3.05, 3.63) is 71.8 Å². The Morgan fingerprint density at radius 1 is 0.944 bits per heavy atom. The van der Waals surface area contributed by atoms with Gasteiger partial charge in [0.05, 0.1) is 0 Å². The highest BCUT2D eigenvalue weighted by Gasteiger charge is 2.54. The number of hydrogen-bond donors (Lipinski definition) is 0. The lowest BCUT2D eigenvalue weighted by atomic mass is 9.87. The van der Waals surface area contributed by atoms with Crippen LogP contribution < -0.4 is 0 Å². The molecule has 0 heterocycles. The molecule has 0 radical (unpaired) electrons. The molecule has 2 aromatic rings. The summed E-state index contributed by atoms with van der Waals surface area (Å²) in [6, 6.07) is 21.6. The van der Waals surface area contributed by atoms with E-state index in [4.69, 9.17) is 11.6 Å². The van der Waals surface area contributed by atoms with Gasteiger partial charge in [0.15, 0.2) is 0 Å². The third-order valence-electron chi connectivity index (χ3n) is 4.13. The van der Waals surface area contributed by atoms with Gasteiger partial charge in [0.25, 0.3) is 0 Å². The number of rotatable bonds is 4. The van der Waals surface area contributed by atoms with E-state index in [-0.39, 0.29) is 5.41 Å². The van der Waals surface area contributed by atoms with E-state index in [1.54, 1.807) is 0 Å². The molecule has 0 aromatic heterocycles. The zero-order chi connectivity index (χ0) is 12.4. The molecular formula is C17H17Cl. The minimum Gasteiger partial charge on any atom is -0.126 e. The molecule has 2 unspecified atom stereocenters. The molecule has 0 saturated heterocycles. The first kappa shape index (κ1) is 11.8. The molecule has 1 fully saturated rings. The summed E-state index contributed by atoms with van der Waals surface area (Å²) in [6.07, 6.45) is 2.32. The fourth-order valence-electron chi connectivity index (χ4n) is 2.99. The van der Waals surface area contributed by atoms with E-state index in [1.165, 1.54) is 17.5 Å². The number of hydrogen-bond acceptors (Lipinski definition) is 0. The maximum atomic E-state index is 6.10. The zero-order valence-electron chi connectivity index (χ0n) is 10.4. The van der Waals surface area contributed by atoms with Crippen LogP contribution in [0, 0.1) is 5.92 Å². The van der Waals surface area contributed by atoms with Gasteiger partial charge < -0.3 is 0 Å². The van der Waals surface area contributed by atoms with Crippen LogP contribution >= 0.6 is 11.6 Å². The summed E-state index contributed by atoms with van der Waals surface area (Å²) in [5, 5.41) is 0. The van der Waals surface area contributed by atoms with Crippen molar-refractivity contribution in [3.8, 4) is 0 Å². The highest BCUT2D eigenvalue weighted by molar-refractivity contribution is 6.18. The predicted octanol–water partition coefficient (Wildman–Crippen LogP) is 4.43. The van der Waals surface area contributed by atoms with Crippen molar-refractivity contribution in [1.82, 2.24) is 0 Å².